The quantitative estimate of drug-likeness (QED) is 0.778. The van der Waals surface area contributed by atoms with Gasteiger partial charge in [0.25, 0.3) is 0 Å². The third-order valence-electron chi connectivity index (χ3n) is 5.91. The zero-order chi connectivity index (χ0) is 19.6. The average Bonchev–Trinajstić information content (AvgIpc) is 2.74. The lowest BCUT2D eigenvalue weighted by Gasteiger charge is -2.42. The molecule has 1 saturated carbocycles. The number of nitrogens with zero attached hydrogens (tertiary/aromatic N) is 1. The fourth-order valence-corrected chi connectivity index (χ4v) is 5.37. The minimum atomic E-state index is -3.50. The molecule has 2 aliphatic rings. The maximum atomic E-state index is 12.5. The van der Waals surface area contributed by atoms with E-state index in [4.69, 9.17) is 4.74 Å². The maximum Gasteiger partial charge on any atom is 0.240 e. The molecule has 1 aromatic heterocycles. The summed E-state index contributed by atoms with van der Waals surface area (Å²) < 4.78 is 34.1. The van der Waals surface area contributed by atoms with Crippen molar-refractivity contribution < 1.29 is 13.2 Å². The van der Waals surface area contributed by atoms with E-state index in [-0.39, 0.29) is 18.1 Å². The fraction of sp³-hybridized carbons (Fsp3) is 0.476. The van der Waals surface area contributed by atoms with Crippen molar-refractivity contribution in [1.82, 2.24) is 15.0 Å². The number of hydrogen-bond donors (Lipinski definition) is 2. The van der Waals surface area contributed by atoms with Crippen LogP contribution in [-0.4, -0.2) is 38.6 Å². The highest BCUT2D eigenvalue weighted by Crippen LogP contribution is 2.36. The van der Waals surface area contributed by atoms with E-state index >= 15 is 0 Å². The van der Waals surface area contributed by atoms with Crippen molar-refractivity contribution >= 4 is 10.0 Å². The Morgan fingerprint density at radius 2 is 1.86 bits per heavy atom. The summed E-state index contributed by atoms with van der Waals surface area (Å²) in [6.45, 7) is 4.06. The standard InChI is InChI=1S/C21H27N3O3S/c1-15-19(24-28(25,26)17-6-3-2-4-7-17)14-20(15)27-21-18(8-5-11-23-21)16-9-12-22-13-10-16/h2-8,11,15-16,19-20,22,24H,9-10,12-14H2,1H3. The Morgan fingerprint density at radius 1 is 1.11 bits per heavy atom. The van der Waals surface area contributed by atoms with Crippen LogP contribution in [0.25, 0.3) is 0 Å². The van der Waals surface area contributed by atoms with E-state index in [9.17, 15) is 8.42 Å². The number of nitrogens with one attached hydrogen (secondary N) is 2. The molecule has 1 aromatic carbocycles. The molecule has 2 fully saturated rings. The zero-order valence-electron chi connectivity index (χ0n) is 16.0. The molecule has 0 spiro atoms. The van der Waals surface area contributed by atoms with Gasteiger partial charge in [-0.3, -0.25) is 0 Å². The molecule has 7 heteroatoms. The first-order valence-corrected chi connectivity index (χ1v) is 11.4. The van der Waals surface area contributed by atoms with E-state index < -0.39 is 10.0 Å². The van der Waals surface area contributed by atoms with Crippen molar-refractivity contribution in [2.45, 2.75) is 49.1 Å². The lowest BCUT2D eigenvalue weighted by molar-refractivity contribution is 0.0252. The fourth-order valence-electron chi connectivity index (χ4n) is 4.01. The number of benzene rings is 1. The Labute approximate surface area is 166 Å². The van der Waals surface area contributed by atoms with Gasteiger partial charge in [-0.05, 0) is 50.0 Å². The number of piperidine rings is 1. The molecule has 2 aromatic rings. The second kappa shape index (κ2) is 8.19. The second-order valence-corrected chi connectivity index (χ2v) is 9.43. The van der Waals surface area contributed by atoms with Crippen molar-refractivity contribution in [3.8, 4) is 5.88 Å². The topological polar surface area (TPSA) is 80.3 Å². The largest absolute Gasteiger partial charge is 0.474 e. The first-order chi connectivity index (χ1) is 13.5. The van der Waals surface area contributed by atoms with Gasteiger partial charge in [0.2, 0.25) is 15.9 Å². The van der Waals surface area contributed by atoms with E-state index in [1.807, 2.05) is 19.1 Å². The van der Waals surface area contributed by atoms with Crippen LogP contribution in [0.5, 0.6) is 5.88 Å². The maximum absolute atomic E-state index is 12.5. The van der Waals surface area contributed by atoms with Crippen LogP contribution in [0.2, 0.25) is 0 Å². The Balaban J connectivity index is 1.40. The smallest absolute Gasteiger partial charge is 0.240 e. The van der Waals surface area contributed by atoms with E-state index in [1.54, 1.807) is 30.5 Å². The summed E-state index contributed by atoms with van der Waals surface area (Å²) in [5.74, 6) is 1.25. The van der Waals surface area contributed by atoms with Crippen LogP contribution in [0.1, 0.15) is 37.7 Å². The SMILES string of the molecule is CC1C(NS(=O)(=O)c2ccccc2)CC1Oc1ncccc1C1CCNCC1. The first kappa shape index (κ1) is 19.4. The van der Waals surface area contributed by atoms with Crippen LogP contribution in [0.15, 0.2) is 53.6 Å². The van der Waals surface area contributed by atoms with Crippen molar-refractivity contribution in [3.63, 3.8) is 0 Å². The molecule has 2 N–H and O–H groups in total. The summed E-state index contributed by atoms with van der Waals surface area (Å²) in [6, 6.07) is 12.4. The molecule has 3 atom stereocenters. The van der Waals surface area contributed by atoms with Gasteiger partial charge >= 0.3 is 0 Å². The van der Waals surface area contributed by atoms with Gasteiger partial charge in [-0.25, -0.2) is 18.1 Å². The van der Waals surface area contributed by atoms with E-state index in [2.05, 4.69) is 21.1 Å². The zero-order valence-corrected chi connectivity index (χ0v) is 16.9. The second-order valence-electron chi connectivity index (χ2n) is 7.71. The predicted octanol–water partition coefficient (Wildman–Crippen LogP) is 2.68. The number of ether oxygens (including phenoxy) is 1. The van der Waals surface area contributed by atoms with Gasteiger partial charge < -0.3 is 10.1 Å². The van der Waals surface area contributed by atoms with Gasteiger partial charge in [-0.2, -0.15) is 0 Å². The lowest BCUT2D eigenvalue weighted by Crippen LogP contribution is -2.56. The highest BCUT2D eigenvalue weighted by molar-refractivity contribution is 7.89. The molecule has 4 rings (SSSR count). The minimum absolute atomic E-state index is 0.0289. The van der Waals surface area contributed by atoms with Crippen LogP contribution in [0.4, 0.5) is 0 Å². The Bertz CT molecular complexity index is 898. The van der Waals surface area contributed by atoms with Crippen molar-refractivity contribution in [2.24, 2.45) is 5.92 Å². The molecule has 150 valence electrons. The Hall–Kier alpha value is -1.96. The first-order valence-electron chi connectivity index (χ1n) is 9.94. The van der Waals surface area contributed by atoms with Crippen LogP contribution in [0.3, 0.4) is 0 Å². The highest BCUT2D eigenvalue weighted by atomic mass is 32.2. The third kappa shape index (κ3) is 4.06. The molecule has 2 heterocycles. The molecule has 1 aliphatic carbocycles. The van der Waals surface area contributed by atoms with Gasteiger partial charge in [0.15, 0.2) is 0 Å². The van der Waals surface area contributed by atoms with Gasteiger partial charge in [-0.15, -0.1) is 0 Å². The van der Waals surface area contributed by atoms with Gasteiger partial charge in [-0.1, -0.05) is 31.2 Å². The summed E-state index contributed by atoms with van der Waals surface area (Å²) in [6.07, 6.45) is 4.55. The van der Waals surface area contributed by atoms with Crippen LogP contribution < -0.4 is 14.8 Å². The van der Waals surface area contributed by atoms with Crippen molar-refractivity contribution in [3.05, 3.63) is 54.2 Å². The van der Waals surface area contributed by atoms with Gasteiger partial charge in [0.1, 0.15) is 6.10 Å². The van der Waals surface area contributed by atoms with Crippen molar-refractivity contribution in [1.29, 1.82) is 0 Å². The van der Waals surface area contributed by atoms with Gasteiger partial charge in [0, 0.05) is 30.1 Å². The van der Waals surface area contributed by atoms with Crippen molar-refractivity contribution in [2.75, 3.05) is 13.1 Å². The van der Waals surface area contributed by atoms with E-state index in [0.717, 1.165) is 25.9 Å². The summed E-state index contributed by atoms with van der Waals surface area (Å²) >= 11 is 0. The number of rotatable bonds is 6. The molecular formula is C21H27N3O3S. The summed E-state index contributed by atoms with van der Waals surface area (Å²) in [7, 11) is -3.50. The van der Waals surface area contributed by atoms with E-state index in [0.29, 0.717) is 23.1 Å². The highest BCUT2D eigenvalue weighted by Gasteiger charge is 2.42. The van der Waals surface area contributed by atoms with Crippen LogP contribution in [0, 0.1) is 5.92 Å². The molecule has 3 unspecified atom stereocenters. The molecule has 1 aliphatic heterocycles. The molecule has 1 saturated heterocycles. The average molecular weight is 402 g/mol. The Kier molecular flexibility index (Phi) is 5.66. The van der Waals surface area contributed by atoms with Crippen LogP contribution >= 0.6 is 0 Å². The normalized spacial score (nSPS) is 25.8. The Morgan fingerprint density at radius 3 is 2.57 bits per heavy atom. The van der Waals surface area contributed by atoms with Crippen LogP contribution in [-0.2, 0) is 10.0 Å². The third-order valence-corrected chi connectivity index (χ3v) is 7.42. The summed E-state index contributed by atoms with van der Waals surface area (Å²) in [4.78, 5) is 4.77. The molecule has 0 bridgehead atoms. The number of pyridine rings is 1. The number of aromatic nitrogens is 1. The number of hydrogen-bond acceptors (Lipinski definition) is 5. The summed E-state index contributed by atoms with van der Waals surface area (Å²) in [5.41, 5.74) is 1.17. The molecule has 0 radical (unpaired) electrons. The van der Waals surface area contributed by atoms with Gasteiger partial charge in [0.05, 0.1) is 4.90 Å². The molecule has 28 heavy (non-hydrogen) atoms. The number of sulfonamides is 1. The molecule has 0 amide bonds. The molecular weight excluding hydrogens is 374 g/mol. The minimum Gasteiger partial charge on any atom is -0.474 e. The predicted molar refractivity (Wildman–Crippen MR) is 108 cm³/mol. The van der Waals surface area contributed by atoms with E-state index in [1.165, 1.54) is 5.56 Å². The monoisotopic (exact) mass is 401 g/mol. The molecule has 6 nitrogen and oxygen atoms in total. The lowest BCUT2D eigenvalue weighted by atomic mass is 9.78. The summed E-state index contributed by atoms with van der Waals surface area (Å²) in [5, 5.41) is 3.39.